The van der Waals surface area contributed by atoms with Crippen LogP contribution >= 0.6 is 0 Å². The van der Waals surface area contributed by atoms with Gasteiger partial charge in [0.05, 0.1) is 12.3 Å². The van der Waals surface area contributed by atoms with Crippen LogP contribution in [0, 0.1) is 0 Å². The number of piperidine rings is 1. The first kappa shape index (κ1) is 20.5. The summed E-state index contributed by atoms with van der Waals surface area (Å²) in [4.78, 5) is 4.25. The summed E-state index contributed by atoms with van der Waals surface area (Å²) < 4.78 is 31.3. The average Bonchev–Trinajstić information content (AvgIpc) is 2.66. The molecule has 1 aromatic carbocycles. The highest BCUT2D eigenvalue weighted by Crippen LogP contribution is 2.14. The standard InChI is InChI=1S/C18H30N4O3S/c1-4-26(23,24)22-12-10-16(11-13-22)21-18(19-3)20-14-15(2)25-17-8-6-5-7-9-17/h5-9,15-16H,4,10-14H2,1-3H3,(H2,19,20,21). The number of ether oxygens (including phenoxy) is 1. The molecule has 1 aliphatic heterocycles. The first-order valence-corrected chi connectivity index (χ1v) is 10.7. The number of sulfonamides is 1. The molecule has 2 rings (SSSR count). The fourth-order valence-corrected chi connectivity index (χ4v) is 3.99. The van der Waals surface area contributed by atoms with Crippen LogP contribution < -0.4 is 15.4 Å². The largest absolute Gasteiger partial charge is 0.489 e. The molecule has 0 radical (unpaired) electrons. The summed E-state index contributed by atoms with van der Waals surface area (Å²) in [5, 5.41) is 6.65. The smallest absolute Gasteiger partial charge is 0.213 e. The highest BCUT2D eigenvalue weighted by atomic mass is 32.2. The Labute approximate surface area is 156 Å². The molecule has 26 heavy (non-hydrogen) atoms. The van der Waals surface area contributed by atoms with Crippen molar-refractivity contribution in [2.75, 3.05) is 32.4 Å². The molecule has 8 heteroatoms. The third kappa shape index (κ3) is 6.17. The number of hydrogen-bond acceptors (Lipinski definition) is 4. The van der Waals surface area contributed by atoms with Gasteiger partial charge in [0.15, 0.2) is 5.96 Å². The minimum atomic E-state index is -3.09. The van der Waals surface area contributed by atoms with E-state index in [0.717, 1.165) is 18.6 Å². The molecule has 0 amide bonds. The predicted octanol–water partition coefficient (Wildman–Crippen LogP) is 1.43. The Hall–Kier alpha value is -1.80. The molecule has 0 aromatic heterocycles. The lowest BCUT2D eigenvalue weighted by Gasteiger charge is -2.32. The molecule has 2 N–H and O–H groups in total. The van der Waals surface area contributed by atoms with Gasteiger partial charge in [-0.25, -0.2) is 12.7 Å². The zero-order valence-corrected chi connectivity index (χ0v) is 16.6. The van der Waals surface area contributed by atoms with Crippen molar-refractivity contribution in [1.29, 1.82) is 0 Å². The second-order valence-electron chi connectivity index (χ2n) is 6.41. The molecule has 1 aromatic rings. The summed E-state index contributed by atoms with van der Waals surface area (Å²) in [5.74, 6) is 1.72. The number of nitrogens with one attached hydrogen (secondary N) is 2. The van der Waals surface area contributed by atoms with Crippen LogP contribution in [0.2, 0.25) is 0 Å². The monoisotopic (exact) mass is 382 g/mol. The van der Waals surface area contributed by atoms with Crippen molar-refractivity contribution in [3.05, 3.63) is 30.3 Å². The van der Waals surface area contributed by atoms with Crippen LogP contribution in [-0.4, -0.2) is 63.3 Å². The van der Waals surface area contributed by atoms with Crippen LogP contribution in [0.5, 0.6) is 5.75 Å². The van der Waals surface area contributed by atoms with Crippen LogP contribution in [0.1, 0.15) is 26.7 Å². The van der Waals surface area contributed by atoms with Gasteiger partial charge in [-0.3, -0.25) is 4.99 Å². The lowest BCUT2D eigenvalue weighted by atomic mass is 10.1. The topological polar surface area (TPSA) is 83.0 Å². The minimum Gasteiger partial charge on any atom is -0.489 e. The summed E-state index contributed by atoms with van der Waals surface area (Å²) in [6.45, 7) is 5.42. The third-order valence-corrected chi connectivity index (χ3v) is 6.30. The van der Waals surface area contributed by atoms with E-state index in [4.69, 9.17) is 4.74 Å². The van der Waals surface area contributed by atoms with Gasteiger partial charge in [-0.15, -0.1) is 0 Å². The van der Waals surface area contributed by atoms with E-state index in [1.165, 1.54) is 0 Å². The maximum atomic E-state index is 11.9. The zero-order chi connectivity index (χ0) is 19.0. The van der Waals surface area contributed by atoms with Gasteiger partial charge in [0.2, 0.25) is 10.0 Å². The molecule has 1 aliphatic rings. The lowest BCUT2D eigenvalue weighted by Crippen LogP contribution is -2.51. The number of aliphatic imine (C=N–C) groups is 1. The number of nitrogens with zero attached hydrogens (tertiary/aromatic N) is 2. The minimum absolute atomic E-state index is 0.00695. The Morgan fingerprint density at radius 3 is 2.54 bits per heavy atom. The fourth-order valence-electron chi connectivity index (χ4n) is 2.86. The Morgan fingerprint density at radius 1 is 1.31 bits per heavy atom. The third-order valence-electron chi connectivity index (χ3n) is 4.41. The summed E-state index contributed by atoms with van der Waals surface area (Å²) in [6.07, 6.45) is 1.54. The first-order valence-electron chi connectivity index (χ1n) is 9.11. The van der Waals surface area contributed by atoms with Crippen LogP contribution in [0.15, 0.2) is 35.3 Å². The summed E-state index contributed by atoms with van der Waals surface area (Å²) in [5.41, 5.74) is 0. The number of rotatable bonds is 7. The van der Waals surface area contributed by atoms with Gasteiger partial charge in [-0.1, -0.05) is 18.2 Å². The second kappa shape index (κ2) is 9.78. The molecule has 1 heterocycles. The number of guanidine groups is 1. The van der Waals surface area contributed by atoms with Gasteiger partial charge in [-0.2, -0.15) is 0 Å². The number of para-hydroxylation sites is 1. The van der Waals surface area contributed by atoms with Crippen molar-refractivity contribution in [2.24, 2.45) is 4.99 Å². The van der Waals surface area contributed by atoms with Crippen molar-refractivity contribution < 1.29 is 13.2 Å². The average molecular weight is 383 g/mol. The zero-order valence-electron chi connectivity index (χ0n) is 15.8. The molecule has 1 atom stereocenters. The van der Waals surface area contributed by atoms with Crippen LogP contribution in [0.3, 0.4) is 0 Å². The van der Waals surface area contributed by atoms with Crippen molar-refractivity contribution in [3.8, 4) is 5.75 Å². The Kier molecular flexibility index (Phi) is 7.71. The number of hydrogen-bond donors (Lipinski definition) is 2. The van der Waals surface area contributed by atoms with Gasteiger partial charge in [0, 0.05) is 26.2 Å². The maximum Gasteiger partial charge on any atom is 0.213 e. The van der Waals surface area contributed by atoms with Crippen LogP contribution in [0.4, 0.5) is 0 Å². The molecule has 146 valence electrons. The molecule has 7 nitrogen and oxygen atoms in total. The molecule has 0 saturated carbocycles. The highest BCUT2D eigenvalue weighted by molar-refractivity contribution is 7.89. The van der Waals surface area contributed by atoms with Crippen molar-refractivity contribution in [3.63, 3.8) is 0 Å². The van der Waals surface area contributed by atoms with Crippen LogP contribution in [-0.2, 0) is 10.0 Å². The molecular formula is C18H30N4O3S. The Bertz CT molecular complexity index is 671. The van der Waals surface area contributed by atoms with Gasteiger partial charge in [0.1, 0.15) is 11.9 Å². The Morgan fingerprint density at radius 2 is 1.96 bits per heavy atom. The quantitative estimate of drug-likeness (QED) is 0.551. The van der Waals surface area contributed by atoms with Crippen molar-refractivity contribution in [1.82, 2.24) is 14.9 Å². The van der Waals surface area contributed by atoms with E-state index in [1.807, 2.05) is 37.3 Å². The number of benzene rings is 1. The molecule has 1 fully saturated rings. The fraction of sp³-hybridized carbons (Fsp3) is 0.611. The maximum absolute atomic E-state index is 11.9. The van der Waals surface area contributed by atoms with E-state index in [2.05, 4.69) is 15.6 Å². The second-order valence-corrected chi connectivity index (χ2v) is 8.67. The molecule has 0 aliphatic carbocycles. The SMILES string of the molecule is CCS(=O)(=O)N1CCC(NC(=NC)NCC(C)Oc2ccccc2)CC1. The molecular weight excluding hydrogens is 352 g/mol. The van der Waals surface area contributed by atoms with E-state index in [9.17, 15) is 8.42 Å². The Balaban J connectivity index is 1.74. The van der Waals surface area contributed by atoms with Crippen molar-refractivity contribution in [2.45, 2.75) is 38.8 Å². The van der Waals surface area contributed by atoms with Gasteiger partial charge >= 0.3 is 0 Å². The van der Waals surface area contributed by atoms with E-state index in [0.29, 0.717) is 25.6 Å². The first-order chi connectivity index (χ1) is 12.4. The summed E-state index contributed by atoms with van der Waals surface area (Å²) in [6, 6.07) is 9.93. The predicted molar refractivity (Wildman–Crippen MR) is 105 cm³/mol. The molecule has 0 spiro atoms. The van der Waals surface area contributed by atoms with Gasteiger partial charge in [-0.05, 0) is 38.8 Å². The van der Waals surface area contributed by atoms with E-state index >= 15 is 0 Å². The van der Waals surface area contributed by atoms with E-state index in [1.54, 1.807) is 18.3 Å². The van der Waals surface area contributed by atoms with Gasteiger partial charge in [0.25, 0.3) is 0 Å². The van der Waals surface area contributed by atoms with Crippen LogP contribution in [0.25, 0.3) is 0 Å². The van der Waals surface area contributed by atoms with E-state index < -0.39 is 10.0 Å². The molecule has 1 saturated heterocycles. The lowest BCUT2D eigenvalue weighted by molar-refractivity contribution is 0.223. The molecule has 1 unspecified atom stereocenters. The summed E-state index contributed by atoms with van der Waals surface area (Å²) >= 11 is 0. The van der Waals surface area contributed by atoms with Crippen molar-refractivity contribution >= 4 is 16.0 Å². The molecule has 0 bridgehead atoms. The van der Waals surface area contributed by atoms with E-state index in [-0.39, 0.29) is 17.9 Å². The normalized spacial score (nSPS) is 18.3. The summed E-state index contributed by atoms with van der Waals surface area (Å²) in [7, 11) is -1.36. The highest BCUT2D eigenvalue weighted by Gasteiger charge is 2.27. The van der Waals surface area contributed by atoms with Gasteiger partial charge < -0.3 is 15.4 Å².